The molecule has 0 bridgehead atoms. The van der Waals surface area contributed by atoms with Crippen molar-refractivity contribution in [3.05, 3.63) is 57.5 Å². The van der Waals surface area contributed by atoms with Crippen LogP contribution in [0.25, 0.3) is 0 Å². The Balaban J connectivity index is 2.43. The van der Waals surface area contributed by atoms with E-state index in [0.29, 0.717) is 18.9 Å². The summed E-state index contributed by atoms with van der Waals surface area (Å²) in [5.41, 5.74) is 8.09. The molecule has 18 heavy (non-hydrogen) atoms. The van der Waals surface area contributed by atoms with Gasteiger partial charge < -0.3 is 5.73 Å². The lowest BCUT2D eigenvalue weighted by Gasteiger charge is -2.11. The summed E-state index contributed by atoms with van der Waals surface area (Å²) in [7, 11) is 0. The fourth-order valence-corrected chi connectivity index (χ4v) is 1.93. The zero-order valence-electron chi connectivity index (χ0n) is 10.6. The van der Waals surface area contributed by atoms with Gasteiger partial charge >= 0.3 is 0 Å². The molecule has 0 atom stereocenters. The second kappa shape index (κ2) is 5.10. The lowest BCUT2D eigenvalue weighted by atomic mass is 10.2. The zero-order chi connectivity index (χ0) is 13.1. The van der Waals surface area contributed by atoms with Crippen LogP contribution >= 0.6 is 0 Å². The van der Waals surface area contributed by atoms with Gasteiger partial charge in [0, 0.05) is 24.5 Å². The molecule has 0 radical (unpaired) electrons. The van der Waals surface area contributed by atoms with Crippen LogP contribution in [0.1, 0.15) is 22.8 Å². The lowest BCUT2D eigenvalue weighted by molar-refractivity contribution is 0.684. The van der Waals surface area contributed by atoms with E-state index in [4.69, 9.17) is 5.73 Å². The molecule has 2 heterocycles. The first-order valence-corrected chi connectivity index (χ1v) is 5.79. The minimum atomic E-state index is -0.0492. The zero-order valence-corrected chi connectivity index (χ0v) is 10.6. The van der Waals surface area contributed by atoms with Gasteiger partial charge in [-0.1, -0.05) is 6.07 Å². The maximum absolute atomic E-state index is 11.9. The van der Waals surface area contributed by atoms with Gasteiger partial charge in [0.05, 0.1) is 12.2 Å². The molecule has 0 aromatic carbocycles. The first-order valence-electron chi connectivity index (χ1n) is 5.79. The molecular formula is C13H16N4O. The van der Waals surface area contributed by atoms with Crippen LogP contribution in [0.2, 0.25) is 0 Å². The molecule has 94 valence electrons. The Morgan fingerprint density at radius 3 is 2.83 bits per heavy atom. The third kappa shape index (κ3) is 2.46. The largest absolute Gasteiger partial charge is 0.325 e. The number of hydrogen-bond donors (Lipinski definition) is 1. The van der Waals surface area contributed by atoms with Gasteiger partial charge in [-0.2, -0.15) is 0 Å². The number of aryl methyl sites for hydroxylation is 2. The first-order chi connectivity index (χ1) is 8.61. The third-order valence-corrected chi connectivity index (χ3v) is 2.83. The molecular weight excluding hydrogens is 228 g/mol. The molecule has 0 spiro atoms. The van der Waals surface area contributed by atoms with Crippen LogP contribution in [0.5, 0.6) is 0 Å². The van der Waals surface area contributed by atoms with E-state index in [0.717, 1.165) is 17.0 Å². The Morgan fingerprint density at radius 2 is 2.17 bits per heavy atom. The van der Waals surface area contributed by atoms with Crippen LogP contribution < -0.4 is 11.3 Å². The second-order valence-corrected chi connectivity index (χ2v) is 4.18. The van der Waals surface area contributed by atoms with E-state index in [1.807, 2.05) is 26.0 Å². The van der Waals surface area contributed by atoms with Gasteiger partial charge in [-0.15, -0.1) is 0 Å². The Labute approximate surface area is 105 Å². The van der Waals surface area contributed by atoms with Crippen molar-refractivity contribution < 1.29 is 0 Å². The normalized spacial score (nSPS) is 10.6. The Hall–Kier alpha value is -2.01. The van der Waals surface area contributed by atoms with Crippen molar-refractivity contribution in [3.8, 4) is 0 Å². The Kier molecular flexibility index (Phi) is 3.53. The van der Waals surface area contributed by atoms with Crippen LogP contribution in [0, 0.1) is 13.8 Å². The SMILES string of the molecule is Cc1cc(=O)n(Cc2cccnc2CN)c(C)n1. The maximum Gasteiger partial charge on any atom is 0.254 e. The quantitative estimate of drug-likeness (QED) is 0.865. The summed E-state index contributed by atoms with van der Waals surface area (Å²) in [6, 6.07) is 5.31. The van der Waals surface area contributed by atoms with Crippen LogP contribution in [0.4, 0.5) is 0 Å². The summed E-state index contributed by atoms with van der Waals surface area (Å²) in [5, 5.41) is 0. The van der Waals surface area contributed by atoms with E-state index in [-0.39, 0.29) is 5.56 Å². The third-order valence-electron chi connectivity index (χ3n) is 2.83. The number of rotatable bonds is 3. The van der Waals surface area contributed by atoms with Crippen LogP contribution in [-0.2, 0) is 13.1 Å². The van der Waals surface area contributed by atoms with Crippen molar-refractivity contribution in [1.29, 1.82) is 0 Å². The molecule has 0 amide bonds. The topological polar surface area (TPSA) is 73.8 Å². The average molecular weight is 244 g/mol. The molecule has 5 heteroatoms. The predicted octanol–water partition coefficient (Wildman–Crippen LogP) is 0.762. The summed E-state index contributed by atoms with van der Waals surface area (Å²) in [4.78, 5) is 20.4. The molecule has 2 aromatic rings. The molecule has 0 aliphatic carbocycles. The smallest absolute Gasteiger partial charge is 0.254 e. The minimum absolute atomic E-state index is 0.0492. The molecule has 0 fully saturated rings. The van der Waals surface area contributed by atoms with E-state index < -0.39 is 0 Å². The Morgan fingerprint density at radius 1 is 1.39 bits per heavy atom. The van der Waals surface area contributed by atoms with Crippen LogP contribution in [0.3, 0.4) is 0 Å². The summed E-state index contributed by atoms with van der Waals surface area (Å²) < 4.78 is 1.63. The van der Waals surface area contributed by atoms with Gasteiger partial charge in [0.15, 0.2) is 0 Å². The minimum Gasteiger partial charge on any atom is -0.325 e. The highest BCUT2D eigenvalue weighted by Crippen LogP contribution is 2.07. The molecule has 0 unspecified atom stereocenters. The molecule has 2 rings (SSSR count). The van der Waals surface area contributed by atoms with Gasteiger partial charge in [-0.05, 0) is 25.5 Å². The van der Waals surface area contributed by atoms with Crippen molar-refractivity contribution >= 4 is 0 Å². The van der Waals surface area contributed by atoms with Crippen molar-refractivity contribution in [1.82, 2.24) is 14.5 Å². The molecule has 2 N–H and O–H groups in total. The lowest BCUT2D eigenvalue weighted by Crippen LogP contribution is -2.25. The number of nitrogens with zero attached hydrogens (tertiary/aromatic N) is 3. The van der Waals surface area contributed by atoms with E-state index >= 15 is 0 Å². The summed E-state index contributed by atoms with van der Waals surface area (Å²) >= 11 is 0. The van der Waals surface area contributed by atoms with E-state index in [1.54, 1.807) is 10.8 Å². The summed E-state index contributed by atoms with van der Waals surface area (Å²) in [5.74, 6) is 0.701. The van der Waals surface area contributed by atoms with E-state index in [2.05, 4.69) is 9.97 Å². The van der Waals surface area contributed by atoms with Crippen molar-refractivity contribution in [2.45, 2.75) is 26.9 Å². The maximum atomic E-state index is 11.9. The summed E-state index contributed by atoms with van der Waals surface area (Å²) in [6.07, 6.45) is 1.70. The fraction of sp³-hybridized carbons (Fsp3) is 0.308. The number of aromatic nitrogens is 3. The molecule has 0 saturated heterocycles. The van der Waals surface area contributed by atoms with Crippen molar-refractivity contribution in [2.24, 2.45) is 5.73 Å². The predicted molar refractivity (Wildman–Crippen MR) is 69.2 cm³/mol. The van der Waals surface area contributed by atoms with Gasteiger partial charge in [-0.25, -0.2) is 4.98 Å². The molecule has 2 aromatic heterocycles. The van der Waals surface area contributed by atoms with Gasteiger partial charge in [-0.3, -0.25) is 14.3 Å². The molecule has 0 aliphatic heterocycles. The van der Waals surface area contributed by atoms with Gasteiger partial charge in [0.25, 0.3) is 5.56 Å². The molecule has 0 aliphatic rings. The number of pyridine rings is 1. The highest BCUT2D eigenvalue weighted by molar-refractivity contribution is 5.20. The standard InChI is InChI=1S/C13H16N4O/c1-9-6-13(18)17(10(2)16-9)8-11-4-3-5-15-12(11)7-14/h3-6H,7-8,14H2,1-2H3. The molecule has 0 saturated carbocycles. The van der Waals surface area contributed by atoms with E-state index in [9.17, 15) is 4.79 Å². The monoisotopic (exact) mass is 244 g/mol. The highest BCUT2D eigenvalue weighted by atomic mass is 16.1. The van der Waals surface area contributed by atoms with E-state index in [1.165, 1.54) is 6.07 Å². The second-order valence-electron chi connectivity index (χ2n) is 4.18. The average Bonchev–Trinajstić information content (AvgIpc) is 2.34. The van der Waals surface area contributed by atoms with Crippen molar-refractivity contribution in [2.75, 3.05) is 0 Å². The van der Waals surface area contributed by atoms with Crippen LogP contribution in [-0.4, -0.2) is 14.5 Å². The first kappa shape index (κ1) is 12.4. The van der Waals surface area contributed by atoms with Gasteiger partial charge in [0.2, 0.25) is 0 Å². The van der Waals surface area contributed by atoms with Gasteiger partial charge in [0.1, 0.15) is 5.82 Å². The number of nitrogens with two attached hydrogens (primary N) is 1. The molecule has 5 nitrogen and oxygen atoms in total. The van der Waals surface area contributed by atoms with Crippen LogP contribution in [0.15, 0.2) is 29.2 Å². The number of hydrogen-bond acceptors (Lipinski definition) is 4. The summed E-state index contributed by atoms with van der Waals surface area (Å²) in [6.45, 7) is 4.46. The fourth-order valence-electron chi connectivity index (χ4n) is 1.93. The highest BCUT2D eigenvalue weighted by Gasteiger charge is 2.07. The van der Waals surface area contributed by atoms with Crippen molar-refractivity contribution in [3.63, 3.8) is 0 Å². The Bertz CT molecular complexity index is 619.